The van der Waals surface area contributed by atoms with E-state index in [1.54, 1.807) is 17.0 Å². The van der Waals surface area contributed by atoms with Crippen LogP contribution in [0, 0.1) is 0 Å². The summed E-state index contributed by atoms with van der Waals surface area (Å²) in [6.45, 7) is 0.763. The van der Waals surface area contributed by atoms with Crippen molar-refractivity contribution in [3.63, 3.8) is 0 Å². The molecule has 0 spiro atoms. The van der Waals surface area contributed by atoms with Crippen LogP contribution in [0.3, 0.4) is 0 Å². The standard InChI is InChI=1S/C27H26N2O4/c30-18-17-28(15-13-20-7-3-1-4-8-20)25(31)22-11-12-23-24(19-22)27(33)29(26(23)32)16-14-21-9-5-2-6-10-21/h1-12,19,30H,13-18H2. The maximum absolute atomic E-state index is 13.1. The molecule has 33 heavy (non-hydrogen) atoms. The summed E-state index contributed by atoms with van der Waals surface area (Å²) in [4.78, 5) is 41.7. The van der Waals surface area contributed by atoms with Crippen LogP contribution in [0.4, 0.5) is 0 Å². The fourth-order valence-corrected chi connectivity index (χ4v) is 4.04. The van der Waals surface area contributed by atoms with Gasteiger partial charge in [-0.25, -0.2) is 0 Å². The summed E-state index contributed by atoms with van der Waals surface area (Å²) < 4.78 is 0. The zero-order chi connectivity index (χ0) is 23.2. The predicted octanol–water partition coefficient (Wildman–Crippen LogP) is 3.20. The Morgan fingerprint density at radius 3 is 2.00 bits per heavy atom. The lowest BCUT2D eigenvalue weighted by molar-refractivity contribution is 0.0655. The van der Waals surface area contributed by atoms with Crippen molar-refractivity contribution in [1.29, 1.82) is 0 Å². The van der Waals surface area contributed by atoms with Crippen LogP contribution >= 0.6 is 0 Å². The number of aliphatic hydroxyl groups excluding tert-OH is 1. The zero-order valence-electron chi connectivity index (χ0n) is 18.3. The van der Waals surface area contributed by atoms with E-state index in [0.717, 1.165) is 11.1 Å². The Labute approximate surface area is 193 Å². The number of hydrogen-bond donors (Lipinski definition) is 1. The fraction of sp³-hybridized carbons (Fsp3) is 0.222. The topological polar surface area (TPSA) is 77.9 Å². The van der Waals surface area contributed by atoms with Gasteiger partial charge in [0.15, 0.2) is 0 Å². The van der Waals surface area contributed by atoms with Gasteiger partial charge in [-0.3, -0.25) is 19.3 Å². The van der Waals surface area contributed by atoms with Crippen LogP contribution in [0.5, 0.6) is 0 Å². The first-order valence-electron chi connectivity index (χ1n) is 11.1. The van der Waals surface area contributed by atoms with Crippen molar-refractivity contribution < 1.29 is 19.5 Å². The van der Waals surface area contributed by atoms with E-state index < -0.39 is 0 Å². The molecular formula is C27H26N2O4. The van der Waals surface area contributed by atoms with Crippen molar-refractivity contribution in [3.05, 3.63) is 107 Å². The SMILES string of the molecule is O=C(c1ccc2c(c1)C(=O)N(CCc1ccccc1)C2=O)N(CCO)CCc1ccccc1. The lowest BCUT2D eigenvalue weighted by atomic mass is 10.0. The highest BCUT2D eigenvalue weighted by Gasteiger charge is 2.36. The summed E-state index contributed by atoms with van der Waals surface area (Å²) in [5.74, 6) is -0.981. The molecule has 6 nitrogen and oxygen atoms in total. The van der Waals surface area contributed by atoms with E-state index in [1.807, 2.05) is 60.7 Å². The van der Waals surface area contributed by atoms with Gasteiger partial charge >= 0.3 is 0 Å². The molecule has 1 heterocycles. The molecule has 1 N–H and O–H groups in total. The number of aliphatic hydroxyl groups is 1. The van der Waals surface area contributed by atoms with Gasteiger partial charge in [0.25, 0.3) is 17.7 Å². The van der Waals surface area contributed by atoms with E-state index >= 15 is 0 Å². The molecule has 3 aromatic rings. The van der Waals surface area contributed by atoms with Crippen molar-refractivity contribution in [1.82, 2.24) is 9.80 Å². The first kappa shape index (κ1) is 22.4. The Kier molecular flexibility index (Phi) is 6.95. The number of imide groups is 1. The third-order valence-electron chi connectivity index (χ3n) is 5.85. The quantitative estimate of drug-likeness (QED) is 0.516. The van der Waals surface area contributed by atoms with Gasteiger partial charge in [0.05, 0.1) is 17.7 Å². The second-order valence-corrected chi connectivity index (χ2v) is 8.01. The predicted molar refractivity (Wildman–Crippen MR) is 125 cm³/mol. The number of carbonyl (C=O) groups is 3. The fourth-order valence-electron chi connectivity index (χ4n) is 4.04. The Balaban J connectivity index is 1.48. The van der Waals surface area contributed by atoms with Crippen molar-refractivity contribution in [2.24, 2.45) is 0 Å². The highest BCUT2D eigenvalue weighted by atomic mass is 16.3. The van der Waals surface area contributed by atoms with Gasteiger partial charge in [-0.1, -0.05) is 60.7 Å². The molecule has 0 unspecified atom stereocenters. The molecule has 0 bridgehead atoms. The number of benzene rings is 3. The Bertz CT molecular complexity index is 1150. The smallest absolute Gasteiger partial charge is 0.261 e. The molecule has 0 saturated carbocycles. The number of carbonyl (C=O) groups excluding carboxylic acids is 3. The van der Waals surface area contributed by atoms with Gasteiger partial charge in [0.1, 0.15) is 0 Å². The van der Waals surface area contributed by atoms with Crippen LogP contribution in [0.25, 0.3) is 0 Å². The molecule has 0 radical (unpaired) electrons. The first-order valence-corrected chi connectivity index (χ1v) is 11.1. The zero-order valence-corrected chi connectivity index (χ0v) is 18.3. The van der Waals surface area contributed by atoms with E-state index in [9.17, 15) is 19.5 Å². The van der Waals surface area contributed by atoms with Gasteiger partial charge in [0, 0.05) is 25.2 Å². The van der Waals surface area contributed by atoms with Gasteiger partial charge in [0.2, 0.25) is 0 Å². The molecular weight excluding hydrogens is 416 g/mol. The summed E-state index contributed by atoms with van der Waals surface area (Å²) >= 11 is 0. The van der Waals surface area contributed by atoms with Crippen LogP contribution in [0.15, 0.2) is 78.9 Å². The monoisotopic (exact) mass is 442 g/mol. The molecule has 0 aliphatic carbocycles. The van der Waals surface area contributed by atoms with Gasteiger partial charge in [-0.2, -0.15) is 0 Å². The summed E-state index contributed by atoms with van der Waals surface area (Å²) in [5.41, 5.74) is 3.05. The molecule has 4 rings (SSSR count). The van der Waals surface area contributed by atoms with Crippen molar-refractivity contribution in [2.45, 2.75) is 12.8 Å². The van der Waals surface area contributed by atoms with Crippen LogP contribution in [0.1, 0.15) is 42.2 Å². The Morgan fingerprint density at radius 1 is 0.758 bits per heavy atom. The van der Waals surface area contributed by atoms with Crippen LogP contribution < -0.4 is 0 Å². The molecule has 0 aromatic heterocycles. The first-order chi connectivity index (χ1) is 16.1. The molecule has 6 heteroatoms. The van der Waals surface area contributed by atoms with Crippen LogP contribution in [0.2, 0.25) is 0 Å². The normalized spacial score (nSPS) is 12.7. The van der Waals surface area contributed by atoms with E-state index in [0.29, 0.717) is 30.5 Å². The van der Waals surface area contributed by atoms with Crippen molar-refractivity contribution in [2.75, 3.05) is 26.2 Å². The van der Waals surface area contributed by atoms with Crippen molar-refractivity contribution in [3.8, 4) is 0 Å². The molecule has 0 atom stereocenters. The lowest BCUT2D eigenvalue weighted by Crippen LogP contribution is -2.35. The minimum atomic E-state index is -0.376. The van der Waals surface area contributed by atoms with E-state index in [1.165, 1.54) is 11.0 Å². The van der Waals surface area contributed by atoms with Crippen LogP contribution in [-0.4, -0.2) is 58.9 Å². The largest absolute Gasteiger partial charge is 0.395 e. The number of amides is 3. The van der Waals surface area contributed by atoms with E-state index in [2.05, 4.69) is 0 Å². The average molecular weight is 443 g/mol. The van der Waals surface area contributed by atoms with Crippen molar-refractivity contribution >= 4 is 17.7 Å². The Hall–Kier alpha value is -3.77. The summed E-state index contributed by atoms with van der Waals surface area (Å²) in [5, 5.41) is 9.45. The highest BCUT2D eigenvalue weighted by Crippen LogP contribution is 2.25. The molecule has 0 fully saturated rings. The minimum absolute atomic E-state index is 0.157. The Morgan fingerprint density at radius 2 is 1.36 bits per heavy atom. The van der Waals surface area contributed by atoms with Gasteiger partial charge in [-0.15, -0.1) is 0 Å². The van der Waals surface area contributed by atoms with E-state index in [4.69, 9.17) is 0 Å². The average Bonchev–Trinajstić information content (AvgIpc) is 3.10. The number of hydrogen-bond acceptors (Lipinski definition) is 4. The van der Waals surface area contributed by atoms with E-state index in [-0.39, 0.29) is 43.0 Å². The maximum atomic E-state index is 13.1. The maximum Gasteiger partial charge on any atom is 0.261 e. The molecule has 3 aromatic carbocycles. The van der Waals surface area contributed by atoms with Crippen LogP contribution in [-0.2, 0) is 12.8 Å². The van der Waals surface area contributed by atoms with Gasteiger partial charge < -0.3 is 10.0 Å². The summed E-state index contributed by atoms with van der Waals surface area (Å²) in [6, 6.07) is 24.1. The molecule has 3 amide bonds. The second kappa shape index (κ2) is 10.2. The highest BCUT2D eigenvalue weighted by molar-refractivity contribution is 6.22. The molecule has 1 aliphatic heterocycles. The van der Waals surface area contributed by atoms with Gasteiger partial charge in [-0.05, 0) is 42.2 Å². The minimum Gasteiger partial charge on any atom is -0.395 e. The summed E-state index contributed by atoms with van der Waals surface area (Å²) in [6.07, 6.45) is 1.23. The second-order valence-electron chi connectivity index (χ2n) is 8.01. The molecule has 0 saturated heterocycles. The number of fused-ring (bicyclic) bond motifs is 1. The molecule has 168 valence electrons. The lowest BCUT2D eigenvalue weighted by Gasteiger charge is -2.22. The summed E-state index contributed by atoms with van der Waals surface area (Å²) in [7, 11) is 0. The third kappa shape index (κ3) is 5.02. The molecule has 1 aliphatic rings. The number of rotatable bonds is 9. The third-order valence-corrected chi connectivity index (χ3v) is 5.85. The number of nitrogens with zero attached hydrogens (tertiary/aromatic N) is 2.